The van der Waals surface area contributed by atoms with Crippen LogP contribution < -0.4 is 0 Å². The number of hydrogen-bond donors (Lipinski definition) is 0. The van der Waals surface area contributed by atoms with Crippen molar-refractivity contribution in [2.45, 2.75) is 89.9 Å². The lowest BCUT2D eigenvalue weighted by Gasteiger charge is -2.24. The molecule has 2 fully saturated rings. The predicted octanol–water partition coefficient (Wildman–Crippen LogP) is 11.4. The lowest BCUT2D eigenvalue weighted by atomic mass is 9.87. The van der Waals surface area contributed by atoms with Crippen LogP contribution >= 0.6 is 15.9 Å². The molecule has 0 saturated heterocycles. The topological polar surface area (TPSA) is 51.6 Å². The fourth-order valence-electron chi connectivity index (χ4n) is 7.31. The van der Waals surface area contributed by atoms with Crippen LogP contribution in [0.15, 0.2) is 83.5 Å². The van der Waals surface area contributed by atoms with E-state index >= 15 is 0 Å². The first-order chi connectivity index (χ1) is 22.0. The Morgan fingerprint density at radius 3 is 1.73 bits per heavy atom. The third kappa shape index (κ3) is 6.65. The molecule has 3 aromatic carbocycles. The highest BCUT2D eigenvalue weighted by Crippen LogP contribution is 2.39. The normalized spacial score (nSPS) is 16.2. The first kappa shape index (κ1) is 30.0. The fourth-order valence-corrected chi connectivity index (χ4v) is 7.91. The van der Waals surface area contributed by atoms with Gasteiger partial charge in [-0.05, 0) is 80.0 Å². The summed E-state index contributed by atoms with van der Waals surface area (Å²) in [5.74, 6) is 3.69. The highest BCUT2D eigenvalue weighted by Gasteiger charge is 2.25. The number of aryl methyl sites for hydroxylation is 2. The Morgan fingerprint density at radius 1 is 0.556 bits per heavy atom. The van der Waals surface area contributed by atoms with E-state index in [2.05, 4.69) is 103 Å². The molecule has 0 aliphatic heterocycles. The van der Waals surface area contributed by atoms with E-state index in [1.165, 1.54) is 97.6 Å². The lowest BCUT2D eigenvalue weighted by molar-refractivity contribution is 0.409. The Kier molecular flexibility index (Phi) is 8.89. The van der Waals surface area contributed by atoms with Crippen LogP contribution in [0, 0.1) is 13.8 Å². The number of benzene rings is 3. The summed E-state index contributed by atoms with van der Waals surface area (Å²) in [7, 11) is 0. The van der Waals surface area contributed by atoms with Crippen LogP contribution in [0.25, 0.3) is 44.9 Å². The van der Waals surface area contributed by atoms with E-state index in [0.29, 0.717) is 11.8 Å². The molecule has 0 N–H and O–H groups in total. The van der Waals surface area contributed by atoms with Crippen LogP contribution in [0.3, 0.4) is 0 Å². The SMILES string of the molecule is Cc1cc(C)cc(-c2ccccc2-c2ccc(-c3ccc(-c4nc(C5CCCCC5)nc(C5CCCCC5)n4)cn3)cc2Br)c1. The molecule has 0 atom stereocenters. The van der Waals surface area contributed by atoms with Crippen molar-refractivity contribution in [1.82, 2.24) is 19.9 Å². The molecule has 0 spiro atoms. The second-order valence-electron chi connectivity index (χ2n) is 13.1. The Labute approximate surface area is 276 Å². The molecule has 228 valence electrons. The van der Waals surface area contributed by atoms with Gasteiger partial charge in [0.15, 0.2) is 5.82 Å². The fraction of sp³-hybridized carbons (Fsp3) is 0.350. The molecule has 7 rings (SSSR count). The molecule has 0 unspecified atom stereocenters. The number of nitrogens with zero attached hydrogens (tertiary/aromatic N) is 4. The van der Waals surface area contributed by atoms with Crippen LogP contribution in [0.5, 0.6) is 0 Å². The van der Waals surface area contributed by atoms with Crippen molar-refractivity contribution >= 4 is 15.9 Å². The molecule has 2 aliphatic carbocycles. The van der Waals surface area contributed by atoms with Crippen LogP contribution in [0.1, 0.15) is 98.8 Å². The van der Waals surface area contributed by atoms with E-state index in [1.54, 1.807) is 0 Å². The van der Waals surface area contributed by atoms with Gasteiger partial charge in [-0.15, -0.1) is 0 Å². The highest BCUT2D eigenvalue weighted by atomic mass is 79.9. The molecule has 0 amide bonds. The Bertz CT molecular complexity index is 1740. The summed E-state index contributed by atoms with van der Waals surface area (Å²) in [5.41, 5.74) is 10.4. The molecular formula is C40H41BrN4. The molecule has 2 aliphatic rings. The molecule has 2 aromatic heterocycles. The van der Waals surface area contributed by atoms with Gasteiger partial charge in [0.1, 0.15) is 11.6 Å². The minimum atomic E-state index is 0.450. The summed E-state index contributed by atoms with van der Waals surface area (Å²) in [4.78, 5) is 20.1. The van der Waals surface area contributed by atoms with Crippen molar-refractivity contribution in [3.63, 3.8) is 0 Å². The van der Waals surface area contributed by atoms with Crippen molar-refractivity contribution in [1.29, 1.82) is 0 Å². The number of rotatable bonds is 6. The summed E-state index contributed by atoms with van der Waals surface area (Å²) in [6.45, 7) is 4.32. The number of hydrogen-bond acceptors (Lipinski definition) is 4. The van der Waals surface area contributed by atoms with Gasteiger partial charge in [0.05, 0.1) is 5.69 Å². The van der Waals surface area contributed by atoms with Gasteiger partial charge in [-0.2, -0.15) is 0 Å². The second-order valence-corrected chi connectivity index (χ2v) is 13.9. The molecule has 2 heterocycles. The molecule has 2 saturated carbocycles. The third-order valence-electron chi connectivity index (χ3n) is 9.65. The van der Waals surface area contributed by atoms with E-state index < -0.39 is 0 Å². The largest absolute Gasteiger partial charge is 0.255 e. The van der Waals surface area contributed by atoms with Crippen molar-refractivity contribution < 1.29 is 0 Å². The van der Waals surface area contributed by atoms with E-state index in [1.807, 2.05) is 6.20 Å². The van der Waals surface area contributed by atoms with Crippen molar-refractivity contribution in [2.75, 3.05) is 0 Å². The predicted molar refractivity (Wildman–Crippen MR) is 188 cm³/mol. The van der Waals surface area contributed by atoms with E-state index in [4.69, 9.17) is 19.9 Å². The average Bonchev–Trinajstić information content (AvgIpc) is 3.08. The molecule has 5 aromatic rings. The van der Waals surface area contributed by atoms with E-state index in [9.17, 15) is 0 Å². The van der Waals surface area contributed by atoms with Crippen LogP contribution in [0.4, 0.5) is 0 Å². The zero-order valence-electron chi connectivity index (χ0n) is 26.4. The summed E-state index contributed by atoms with van der Waals surface area (Å²) >= 11 is 3.90. The first-order valence-electron chi connectivity index (χ1n) is 16.7. The molecule has 5 heteroatoms. The molecule has 0 bridgehead atoms. The van der Waals surface area contributed by atoms with Crippen LogP contribution in [-0.4, -0.2) is 19.9 Å². The van der Waals surface area contributed by atoms with Gasteiger partial charge in [-0.3, -0.25) is 4.98 Å². The van der Waals surface area contributed by atoms with Crippen molar-refractivity contribution in [2.24, 2.45) is 0 Å². The summed E-state index contributed by atoms with van der Waals surface area (Å²) in [5, 5.41) is 0. The van der Waals surface area contributed by atoms with Crippen LogP contribution in [0.2, 0.25) is 0 Å². The third-order valence-corrected chi connectivity index (χ3v) is 10.3. The van der Waals surface area contributed by atoms with E-state index in [0.717, 1.165) is 38.8 Å². The second kappa shape index (κ2) is 13.3. The Morgan fingerprint density at radius 2 is 1.16 bits per heavy atom. The van der Waals surface area contributed by atoms with Crippen molar-refractivity contribution in [3.8, 4) is 44.9 Å². The Balaban J connectivity index is 1.18. The monoisotopic (exact) mass is 656 g/mol. The van der Waals surface area contributed by atoms with Crippen LogP contribution in [-0.2, 0) is 0 Å². The van der Waals surface area contributed by atoms with E-state index in [-0.39, 0.29) is 0 Å². The molecule has 4 nitrogen and oxygen atoms in total. The first-order valence-corrected chi connectivity index (χ1v) is 17.5. The van der Waals surface area contributed by atoms with Gasteiger partial charge in [-0.25, -0.2) is 15.0 Å². The summed E-state index contributed by atoms with van der Waals surface area (Å²) < 4.78 is 1.05. The average molecular weight is 658 g/mol. The maximum absolute atomic E-state index is 5.10. The van der Waals surface area contributed by atoms with Gasteiger partial charge in [0.2, 0.25) is 0 Å². The zero-order valence-corrected chi connectivity index (χ0v) is 28.0. The summed E-state index contributed by atoms with van der Waals surface area (Å²) in [6.07, 6.45) is 14.4. The molecule has 45 heavy (non-hydrogen) atoms. The minimum absolute atomic E-state index is 0.450. The van der Waals surface area contributed by atoms with Gasteiger partial charge >= 0.3 is 0 Å². The quantitative estimate of drug-likeness (QED) is 0.182. The number of aromatic nitrogens is 4. The number of halogens is 1. The number of pyridine rings is 1. The van der Waals surface area contributed by atoms with Gasteiger partial charge in [0.25, 0.3) is 0 Å². The van der Waals surface area contributed by atoms with Gasteiger partial charge in [-0.1, -0.05) is 120 Å². The maximum atomic E-state index is 5.10. The Hall–Kier alpha value is -3.70. The summed E-state index contributed by atoms with van der Waals surface area (Å²) in [6, 6.07) is 26.2. The highest BCUT2D eigenvalue weighted by molar-refractivity contribution is 9.10. The molecular weight excluding hydrogens is 616 g/mol. The van der Waals surface area contributed by atoms with Gasteiger partial charge in [0, 0.05) is 33.6 Å². The van der Waals surface area contributed by atoms with Crippen molar-refractivity contribution in [3.05, 3.63) is 106 Å². The maximum Gasteiger partial charge on any atom is 0.164 e. The zero-order chi connectivity index (χ0) is 30.8. The standard InChI is InChI=1S/C40H41BrN4/c1-26-21-27(2)23-32(22-26)33-15-9-10-16-34(33)35-19-17-30(24-36(35)41)37-20-18-31(25-42-37)40-44-38(28-11-5-3-6-12-28)43-39(45-40)29-13-7-4-8-14-29/h9-10,15-25,28-29H,3-8,11-14H2,1-2H3. The molecule has 0 radical (unpaired) electrons. The van der Waals surface area contributed by atoms with Gasteiger partial charge < -0.3 is 0 Å². The minimum Gasteiger partial charge on any atom is -0.255 e. The lowest BCUT2D eigenvalue weighted by Crippen LogP contribution is -2.16. The smallest absolute Gasteiger partial charge is 0.164 e.